The largest absolute Gasteiger partial charge is 0.342 e. The van der Waals surface area contributed by atoms with Gasteiger partial charge in [-0.25, -0.2) is 4.68 Å². The molecule has 1 amide bonds. The fourth-order valence-electron chi connectivity index (χ4n) is 3.21. The summed E-state index contributed by atoms with van der Waals surface area (Å²) in [6.45, 7) is 2.73. The molecule has 1 aliphatic rings. The molecule has 2 aromatic rings. The number of rotatable bonds is 5. The fraction of sp³-hybridized carbons (Fsp3) is 0.444. The normalized spacial score (nSPS) is 18.1. The Morgan fingerprint density at radius 2 is 2.17 bits per heavy atom. The highest BCUT2D eigenvalue weighted by molar-refractivity contribution is 5.78. The Morgan fingerprint density at radius 1 is 1.35 bits per heavy atom. The number of nitrogens with one attached hydrogen (secondary N) is 1. The first-order valence-electron chi connectivity index (χ1n) is 8.27. The van der Waals surface area contributed by atoms with E-state index in [2.05, 4.69) is 10.4 Å². The van der Waals surface area contributed by atoms with Gasteiger partial charge in [-0.3, -0.25) is 4.79 Å². The minimum atomic E-state index is 0.207. The molecule has 2 heterocycles. The van der Waals surface area contributed by atoms with Gasteiger partial charge >= 0.3 is 0 Å². The van der Waals surface area contributed by atoms with Crippen molar-refractivity contribution in [1.29, 1.82) is 0 Å². The van der Waals surface area contributed by atoms with E-state index in [1.165, 1.54) is 6.42 Å². The zero-order valence-electron chi connectivity index (χ0n) is 13.6. The van der Waals surface area contributed by atoms with Crippen LogP contribution in [-0.4, -0.2) is 47.3 Å². The highest BCUT2D eigenvalue weighted by Crippen LogP contribution is 2.17. The van der Waals surface area contributed by atoms with E-state index in [4.69, 9.17) is 0 Å². The summed E-state index contributed by atoms with van der Waals surface area (Å²) >= 11 is 0. The van der Waals surface area contributed by atoms with Crippen LogP contribution in [0.1, 0.15) is 18.4 Å². The Morgan fingerprint density at radius 3 is 2.96 bits per heavy atom. The average Bonchev–Trinajstić information content (AvgIpc) is 3.05. The third-order valence-corrected chi connectivity index (χ3v) is 4.38. The summed E-state index contributed by atoms with van der Waals surface area (Å²) in [5.41, 5.74) is 1.98. The summed E-state index contributed by atoms with van der Waals surface area (Å²) in [6.07, 6.45) is 6.47. The molecule has 1 saturated heterocycles. The molecular formula is C18H24N4O. The lowest BCUT2D eigenvalue weighted by atomic mass is 9.97. The van der Waals surface area contributed by atoms with Crippen LogP contribution in [-0.2, 0) is 11.2 Å². The molecule has 1 N–H and O–H groups in total. The molecule has 0 radical (unpaired) electrons. The third-order valence-electron chi connectivity index (χ3n) is 4.38. The highest BCUT2D eigenvalue weighted by atomic mass is 16.2. The van der Waals surface area contributed by atoms with Gasteiger partial charge in [0.25, 0.3) is 0 Å². The van der Waals surface area contributed by atoms with E-state index in [0.717, 1.165) is 37.3 Å². The Balaban J connectivity index is 1.61. The molecule has 0 aliphatic carbocycles. The molecule has 0 spiro atoms. The van der Waals surface area contributed by atoms with E-state index in [-0.39, 0.29) is 5.91 Å². The molecule has 3 rings (SSSR count). The highest BCUT2D eigenvalue weighted by Gasteiger charge is 2.23. The standard InChI is InChI=1S/C18H24N4O/c1-19-11-15-6-5-9-21(13-15)18(23)10-16-12-20-22(14-16)17-7-3-2-4-8-17/h2-4,7-8,12,14-15,19H,5-6,9-11,13H2,1H3. The number of amides is 1. The number of hydrogen-bond donors (Lipinski definition) is 1. The second kappa shape index (κ2) is 7.42. The van der Waals surface area contributed by atoms with Crippen LogP contribution < -0.4 is 5.32 Å². The Bertz CT molecular complexity index is 635. The molecule has 5 heteroatoms. The van der Waals surface area contributed by atoms with Gasteiger partial charge in [-0.2, -0.15) is 5.10 Å². The van der Waals surface area contributed by atoms with Gasteiger partial charge in [0.1, 0.15) is 0 Å². The van der Waals surface area contributed by atoms with Crippen LogP contribution in [0.5, 0.6) is 0 Å². The first kappa shape index (κ1) is 15.7. The van der Waals surface area contributed by atoms with E-state index < -0.39 is 0 Å². The van der Waals surface area contributed by atoms with Gasteiger partial charge < -0.3 is 10.2 Å². The molecule has 0 bridgehead atoms. The maximum absolute atomic E-state index is 12.5. The lowest BCUT2D eigenvalue weighted by molar-refractivity contribution is -0.132. The van der Waals surface area contributed by atoms with E-state index in [1.807, 2.05) is 53.2 Å². The molecule has 1 atom stereocenters. The van der Waals surface area contributed by atoms with E-state index in [9.17, 15) is 4.79 Å². The number of piperidine rings is 1. The van der Waals surface area contributed by atoms with Crippen LogP contribution >= 0.6 is 0 Å². The van der Waals surface area contributed by atoms with Crippen molar-refractivity contribution in [2.24, 2.45) is 5.92 Å². The molecule has 1 fully saturated rings. The first-order valence-corrected chi connectivity index (χ1v) is 8.27. The van der Waals surface area contributed by atoms with Crippen molar-refractivity contribution in [3.63, 3.8) is 0 Å². The number of carbonyl (C=O) groups is 1. The molecule has 0 saturated carbocycles. The number of likely N-dealkylation sites (tertiary alicyclic amines) is 1. The Labute approximate surface area is 137 Å². The van der Waals surface area contributed by atoms with Crippen LogP contribution in [0.15, 0.2) is 42.7 Å². The van der Waals surface area contributed by atoms with Gasteiger partial charge in [0.2, 0.25) is 5.91 Å². The van der Waals surface area contributed by atoms with Crippen molar-refractivity contribution >= 4 is 5.91 Å². The first-order chi connectivity index (χ1) is 11.3. The van der Waals surface area contributed by atoms with Crippen molar-refractivity contribution in [2.45, 2.75) is 19.3 Å². The van der Waals surface area contributed by atoms with E-state index in [0.29, 0.717) is 12.3 Å². The molecule has 122 valence electrons. The summed E-state index contributed by atoms with van der Waals surface area (Å²) in [5, 5.41) is 7.58. The van der Waals surface area contributed by atoms with Gasteiger partial charge in [-0.05, 0) is 50.0 Å². The maximum atomic E-state index is 12.5. The summed E-state index contributed by atoms with van der Waals surface area (Å²) in [5.74, 6) is 0.781. The average molecular weight is 312 g/mol. The van der Waals surface area contributed by atoms with Crippen LogP contribution in [0.2, 0.25) is 0 Å². The number of hydrogen-bond acceptors (Lipinski definition) is 3. The molecular weight excluding hydrogens is 288 g/mol. The van der Waals surface area contributed by atoms with Crippen molar-refractivity contribution in [1.82, 2.24) is 20.0 Å². The molecule has 1 unspecified atom stereocenters. The monoisotopic (exact) mass is 312 g/mol. The Hall–Kier alpha value is -2.14. The molecule has 1 aromatic heterocycles. The quantitative estimate of drug-likeness (QED) is 0.917. The fourth-order valence-corrected chi connectivity index (χ4v) is 3.21. The zero-order chi connectivity index (χ0) is 16.1. The number of para-hydroxylation sites is 1. The molecule has 1 aromatic carbocycles. The maximum Gasteiger partial charge on any atom is 0.227 e. The van der Waals surface area contributed by atoms with Crippen molar-refractivity contribution in [3.8, 4) is 5.69 Å². The lowest BCUT2D eigenvalue weighted by Crippen LogP contribution is -2.43. The minimum Gasteiger partial charge on any atom is -0.342 e. The van der Waals surface area contributed by atoms with Gasteiger partial charge in [0.15, 0.2) is 0 Å². The second-order valence-corrected chi connectivity index (χ2v) is 6.21. The summed E-state index contributed by atoms with van der Waals surface area (Å²) < 4.78 is 1.82. The van der Waals surface area contributed by atoms with Gasteiger partial charge in [-0.1, -0.05) is 18.2 Å². The van der Waals surface area contributed by atoms with Crippen molar-refractivity contribution in [3.05, 3.63) is 48.3 Å². The zero-order valence-corrected chi connectivity index (χ0v) is 13.6. The molecule has 5 nitrogen and oxygen atoms in total. The minimum absolute atomic E-state index is 0.207. The summed E-state index contributed by atoms with van der Waals surface area (Å²) in [7, 11) is 1.97. The third kappa shape index (κ3) is 3.99. The molecule has 1 aliphatic heterocycles. The van der Waals surface area contributed by atoms with Crippen LogP contribution in [0.3, 0.4) is 0 Å². The van der Waals surface area contributed by atoms with Crippen molar-refractivity contribution < 1.29 is 4.79 Å². The van der Waals surface area contributed by atoms with Crippen LogP contribution in [0.4, 0.5) is 0 Å². The van der Waals surface area contributed by atoms with E-state index >= 15 is 0 Å². The number of aromatic nitrogens is 2. The predicted molar refractivity (Wildman–Crippen MR) is 90.5 cm³/mol. The second-order valence-electron chi connectivity index (χ2n) is 6.21. The SMILES string of the molecule is CNCC1CCCN(C(=O)Cc2cnn(-c3ccccc3)c2)C1. The predicted octanol–water partition coefficient (Wildman–Crippen LogP) is 1.87. The summed E-state index contributed by atoms with van der Waals surface area (Å²) in [4.78, 5) is 14.5. The number of nitrogens with zero attached hydrogens (tertiary/aromatic N) is 3. The van der Waals surface area contributed by atoms with Crippen LogP contribution in [0, 0.1) is 5.92 Å². The van der Waals surface area contributed by atoms with E-state index in [1.54, 1.807) is 6.20 Å². The topological polar surface area (TPSA) is 50.2 Å². The van der Waals surface area contributed by atoms with Crippen LogP contribution in [0.25, 0.3) is 5.69 Å². The smallest absolute Gasteiger partial charge is 0.227 e. The van der Waals surface area contributed by atoms with Gasteiger partial charge in [-0.15, -0.1) is 0 Å². The number of carbonyl (C=O) groups excluding carboxylic acids is 1. The van der Waals surface area contributed by atoms with Gasteiger partial charge in [0, 0.05) is 19.3 Å². The lowest BCUT2D eigenvalue weighted by Gasteiger charge is -2.32. The van der Waals surface area contributed by atoms with Crippen molar-refractivity contribution in [2.75, 3.05) is 26.7 Å². The van der Waals surface area contributed by atoms with Gasteiger partial charge in [0.05, 0.1) is 18.3 Å². The number of benzene rings is 1. The molecule has 23 heavy (non-hydrogen) atoms. The Kier molecular flexibility index (Phi) is 5.08. The summed E-state index contributed by atoms with van der Waals surface area (Å²) in [6, 6.07) is 9.96.